The van der Waals surface area contributed by atoms with Crippen LogP contribution in [0.15, 0.2) is 109 Å². The van der Waals surface area contributed by atoms with Gasteiger partial charge in [-0.25, -0.2) is 0 Å². The number of aromatic amines is 1. The third-order valence-corrected chi connectivity index (χ3v) is 14.2. The number of hydrogen-bond donors (Lipinski definition) is 1. The van der Waals surface area contributed by atoms with Crippen molar-refractivity contribution >= 4 is 44.1 Å². The quantitative estimate of drug-likeness (QED) is 0.178. The van der Waals surface area contributed by atoms with Crippen molar-refractivity contribution in [1.29, 1.82) is 5.26 Å². The van der Waals surface area contributed by atoms with Crippen LogP contribution in [0.2, 0.25) is 0 Å². The number of nitrogens with one attached hydrogen (secondary N) is 1. The predicted octanol–water partition coefficient (Wildman–Crippen LogP) is 8.19. The summed E-state index contributed by atoms with van der Waals surface area (Å²) in [5.41, 5.74) is 0.941. The Kier molecular flexibility index (Phi) is 7.64. The average molecular weight is 643 g/mol. The van der Waals surface area contributed by atoms with E-state index in [1.165, 1.54) is 12.1 Å². The standard InChI is InChI=1S/C35H27ClF3N4OP/c1-3-44-31-19-18-23(20-27(31)35(37,38)39)28-21-29-33(30(22-40)41-28)43-34(42-29)26-16-10-11-17-32(26)45(2,36,24-12-6-4-7-13-24)25-14-8-5-9-15-25/h4-21H,3H2,1-2H3,(H,42,43). The van der Waals surface area contributed by atoms with Gasteiger partial charge in [0.15, 0.2) is 0 Å². The number of benzene rings is 4. The van der Waals surface area contributed by atoms with Gasteiger partial charge in [-0.05, 0) is 6.92 Å². The second-order valence-corrected chi connectivity index (χ2v) is 17.6. The van der Waals surface area contributed by atoms with Gasteiger partial charge in [-0.3, -0.25) is 0 Å². The zero-order chi connectivity index (χ0) is 31.8. The molecule has 2 heterocycles. The second kappa shape index (κ2) is 11.3. The number of rotatable bonds is 7. The Morgan fingerprint density at radius 3 is 2.09 bits per heavy atom. The summed E-state index contributed by atoms with van der Waals surface area (Å²) >= 11 is 8.00. The van der Waals surface area contributed by atoms with Crippen molar-refractivity contribution in [3.63, 3.8) is 0 Å². The topological polar surface area (TPSA) is 74.6 Å². The molecule has 0 fully saturated rings. The number of nitriles is 1. The first kappa shape index (κ1) is 30.3. The summed E-state index contributed by atoms with van der Waals surface area (Å²) in [6.07, 6.45) is -4.64. The van der Waals surface area contributed by atoms with E-state index in [4.69, 9.17) is 21.0 Å². The van der Waals surface area contributed by atoms with Gasteiger partial charge >= 0.3 is 250 Å². The summed E-state index contributed by atoms with van der Waals surface area (Å²) in [6, 6.07) is 35.1. The van der Waals surface area contributed by atoms with Gasteiger partial charge in [-0.15, -0.1) is 0 Å². The van der Waals surface area contributed by atoms with Crippen molar-refractivity contribution in [2.45, 2.75) is 13.1 Å². The van der Waals surface area contributed by atoms with Crippen molar-refractivity contribution in [1.82, 2.24) is 15.0 Å². The Morgan fingerprint density at radius 2 is 1.49 bits per heavy atom. The van der Waals surface area contributed by atoms with E-state index in [2.05, 4.69) is 22.7 Å². The average Bonchev–Trinajstić information content (AvgIpc) is 3.49. The van der Waals surface area contributed by atoms with E-state index in [0.29, 0.717) is 16.9 Å². The van der Waals surface area contributed by atoms with Gasteiger partial charge in [-0.2, -0.15) is 0 Å². The zero-order valence-corrected chi connectivity index (χ0v) is 26.0. The number of fused-ring (bicyclic) bond motifs is 1. The molecular formula is C35H27ClF3N4OP. The summed E-state index contributed by atoms with van der Waals surface area (Å²) in [4.78, 5) is 12.5. The zero-order valence-electron chi connectivity index (χ0n) is 24.3. The minimum absolute atomic E-state index is 0.0177. The second-order valence-electron chi connectivity index (χ2n) is 10.7. The van der Waals surface area contributed by atoms with Crippen molar-refractivity contribution in [2.24, 2.45) is 0 Å². The van der Waals surface area contributed by atoms with Crippen LogP contribution in [0, 0.1) is 11.3 Å². The molecule has 5 nitrogen and oxygen atoms in total. The number of alkyl halides is 3. The molecule has 2 aromatic heterocycles. The predicted molar refractivity (Wildman–Crippen MR) is 176 cm³/mol. The first-order valence-corrected chi connectivity index (χ1v) is 17.7. The monoisotopic (exact) mass is 642 g/mol. The van der Waals surface area contributed by atoms with Gasteiger partial charge in [0.2, 0.25) is 0 Å². The van der Waals surface area contributed by atoms with Gasteiger partial charge in [0.05, 0.1) is 6.61 Å². The van der Waals surface area contributed by atoms with Crippen LogP contribution >= 0.6 is 17.2 Å². The van der Waals surface area contributed by atoms with Crippen LogP contribution in [0.5, 0.6) is 5.75 Å². The number of pyridine rings is 1. The first-order valence-electron chi connectivity index (χ1n) is 14.1. The van der Waals surface area contributed by atoms with Crippen LogP contribution in [0.25, 0.3) is 33.7 Å². The molecule has 6 rings (SSSR count). The van der Waals surface area contributed by atoms with E-state index in [1.54, 1.807) is 13.0 Å². The van der Waals surface area contributed by atoms with Crippen molar-refractivity contribution in [3.8, 4) is 34.5 Å². The van der Waals surface area contributed by atoms with Crippen molar-refractivity contribution in [3.05, 3.63) is 120 Å². The Hall–Kier alpha value is -4.70. The number of imidazole rings is 1. The third kappa shape index (κ3) is 5.22. The summed E-state index contributed by atoms with van der Waals surface area (Å²) in [6.45, 7) is 3.79. The number of nitrogens with zero attached hydrogens (tertiary/aromatic N) is 3. The maximum absolute atomic E-state index is 13.9. The van der Waals surface area contributed by atoms with E-state index in [9.17, 15) is 18.4 Å². The Bertz CT molecular complexity index is 2030. The molecule has 0 aliphatic rings. The Labute approximate surface area is 263 Å². The first-order chi connectivity index (χ1) is 21.5. The summed E-state index contributed by atoms with van der Waals surface area (Å²) in [5.74, 6) is -3.39. The fourth-order valence-corrected chi connectivity index (χ4v) is 10.6. The van der Waals surface area contributed by atoms with Gasteiger partial charge < -0.3 is 0 Å². The van der Waals surface area contributed by atoms with E-state index < -0.39 is 17.7 Å². The molecule has 0 bridgehead atoms. The molecule has 0 saturated carbocycles. The van der Waals surface area contributed by atoms with Crippen molar-refractivity contribution < 1.29 is 17.9 Å². The van der Waals surface area contributed by atoms with E-state index in [1.807, 2.05) is 84.9 Å². The number of H-pyrrole nitrogens is 1. The number of ether oxygens (including phenoxy) is 1. The van der Waals surface area contributed by atoms with Gasteiger partial charge in [0.1, 0.15) is 0 Å². The van der Waals surface area contributed by atoms with E-state index in [0.717, 1.165) is 27.5 Å². The molecule has 0 unspecified atom stereocenters. The van der Waals surface area contributed by atoms with Crippen LogP contribution in [0.4, 0.5) is 13.2 Å². The Balaban J connectivity index is 1.55. The van der Waals surface area contributed by atoms with Gasteiger partial charge in [-0.1, -0.05) is 0 Å². The van der Waals surface area contributed by atoms with Crippen LogP contribution in [0.1, 0.15) is 18.2 Å². The van der Waals surface area contributed by atoms with Crippen LogP contribution in [0.3, 0.4) is 0 Å². The van der Waals surface area contributed by atoms with Crippen LogP contribution in [-0.2, 0) is 6.18 Å². The summed E-state index contributed by atoms with van der Waals surface area (Å²) in [5, 5.41) is 12.8. The van der Waals surface area contributed by atoms with Crippen LogP contribution < -0.4 is 20.7 Å². The molecule has 0 spiro atoms. The van der Waals surface area contributed by atoms with Gasteiger partial charge in [0.25, 0.3) is 0 Å². The van der Waals surface area contributed by atoms with Crippen molar-refractivity contribution in [2.75, 3.05) is 13.3 Å². The maximum atomic E-state index is 13.9. The Morgan fingerprint density at radius 1 is 0.867 bits per heavy atom. The molecule has 6 aromatic rings. The summed E-state index contributed by atoms with van der Waals surface area (Å²) < 4.78 is 46.9. The summed E-state index contributed by atoms with van der Waals surface area (Å²) in [7, 11) is 0. The molecule has 0 aliphatic carbocycles. The molecule has 1 N–H and O–H groups in total. The number of halogens is 4. The minimum atomic E-state index is -4.64. The van der Waals surface area contributed by atoms with Gasteiger partial charge in [0, 0.05) is 0 Å². The normalized spacial score (nSPS) is 12.8. The SMILES string of the molecule is CCOc1ccc(-c2cc3[nH]c(-c4ccccc4P(C)(Cl)(c4ccccc4)c4ccccc4)nc3c(C#N)n2)cc1C(F)(F)F. The number of hydrogen-bond acceptors (Lipinski definition) is 4. The molecule has 0 amide bonds. The number of aromatic nitrogens is 3. The molecule has 0 radical (unpaired) electrons. The third-order valence-electron chi connectivity index (χ3n) is 7.93. The molecule has 10 heteroatoms. The molecule has 4 aromatic carbocycles. The molecule has 45 heavy (non-hydrogen) atoms. The fraction of sp³-hybridized carbons (Fsp3) is 0.114. The van der Waals surface area contributed by atoms with E-state index in [-0.39, 0.29) is 29.3 Å². The molecule has 0 aliphatic heterocycles. The molecule has 226 valence electrons. The van der Waals surface area contributed by atoms with E-state index >= 15 is 0 Å². The van der Waals surface area contributed by atoms with Crippen LogP contribution in [-0.4, -0.2) is 28.2 Å². The molecule has 0 atom stereocenters. The fourth-order valence-electron chi connectivity index (χ4n) is 5.69. The molecular weight excluding hydrogens is 616 g/mol. The molecule has 0 saturated heterocycles.